The molecular weight excluding hydrogens is 296 g/mol. The van der Waals surface area contributed by atoms with Gasteiger partial charge in [-0.2, -0.15) is 0 Å². The topological polar surface area (TPSA) is 86.7 Å². The molecule has 0 aliphatic heterocycles. The first kappa shape index (κ1) is 17.0. The van der Waals surface area contributed by atoms with E-state index in [4.69, 9.17) is 16.7 Å². The summed E-state index contributed by atoms with van der Waals surface area (Å²) < 4.78 is 0. The molecule has 0 saturated heterocycles. The van der Waals surface area contributed by atoms with Crippen LogP contribution < -0.4 is 5.32 Å². The number of carbonyl (C=O) groups is 3. The number of benzene rings is 1. The van der Waals surface area contributed by atoms with Crippen molar-refractivity contribution in [2.24, 2.45) is 0 Å². The lowest BCUT2D eigenvalue weighted by Crippen LogP contribution is -2.42. The average molecular weight is 313 g/mol. The Morgan fingerprint density at radius 1 is 1.24 bits per heavy atom. The predicted octanol–water partition coefficient (Wildman–Crippen LogP) is 1.39. The van der Waals surface area contributed by atoms with Crippen LogP contribution in [0.25, 0.3) is 0 Å². The molecule has 0 heterocycles. The van der Waals surface area contributed by atoms with E-state index in [2.05, 4.69) is 5.32 Å². The van der Waals surface area contributed by atoms with Crippen molar-refractivity contribution in [2.75, 3.05) is 19.6 Å². The first-order valence-electron chi connectivity index (χ1n) is 6.47. The van der Waals surface area contributed by atoms with Crippen LogP contribution in [0.2, 0.25) is 5.02 Å². The van der Waals surface area contributed by atoms with Crippen LogP contribution in [0.3, 0.4) is 0 Å². The van der Waals surface area contributed by atoms with E-state index in [1.807, 2.05) is 6.92 Å². The fourth-order valence-corrected chi connectivity index (χ4v) is 1.82. The van der Waals surface area contributed by atoms with Gasteiger partial charge in [-0.1, -0.05) is 18.5 Å². The van der Waals surface area contributed by atoms with Gasteiger partial charge in [-0.3, -0.25) is 14.4 Å². The van der Waals surface area contributed by atoms with Crippen LogP contribution >= 0.6 is 11.6 Å². The van der Waals surface area contributed by atoms with Gasteiger partial charge in [-0.15, -0.1) is 0 Å². The fraction of sp³-hybridized carbons (Fsp3) is 0.357. The standard InChI is InChI=1S/C14H17ClN2O4/c1-2-7-17(9-13(19)20)12(18)8-16-14(21)10-3-5-11(15)6-4-10/h3-6H,2,7-9H2,1H3,(H,16,21)(H,19,20). The zero-order chi connectivity index (χ0) is 15.8. The van der Waals surface area contributed by atoms with E-state index in [9.17, 15) is 14.4 Å². The van der Waals surface area contributed by atoms with E-state index in [1.165, 1.54) is 4.90 Å². The predicted molar refractivity (Wildman–Crippen MR) is 78.3 cm³/mol. The molecule has 0 unspecified atom stereocenters. The number of carbonyl (C=O) groups excluding carboxylic acids is 2. The Bertz CT molecular complexity index is 516. The molecule has 2 N–H and O–H groups in total. The Morgan fingerprint density at radius 2 is 1.86 bits per heavy atom. The van der Waals surface area contributed by atoms with Crippen LogP contribution in [0, 0.1) is 0 Å². The number of carboxylic acids is 1. The minimum absolute atomic E-state index is 0.241. The normalized spacial score (nSPS) is 10.0. The van der Waals surface area contributed by atoms with E-state index in [0.29, 0.717) is 23.6 Å². The molecule has 21 heavy (non-hydrogen) atoms. The Hall–Kier alpha value is -2.08. The van der Waals surface area contributed by atoms with E-state index in [1.54, 1.807) is 24.3 Å². The highest BCUT2D eigenvalue weighted by Gasteiger charge is 2.16. The largest absolute Gasteiger partial charge is 0.480 e. The number of halogens is 1. The van der Waals surface area contributed by atoms with Crippen molar-refractivity contribution >= 4 is 29.4 Å². The van der Waals surface area contributed by atoms with Crippen LogP contribution in [0.4, 0.5) is 0 Å². The molecule has 2 amide bonds. The second-order valence-electron chi connectivity index (χ2n) is 4.40. The van der Waals surface area contributed by atoms with Crippen molar-refractivity contribution in [3.8, 4) is 0 Å². The highest BCUT2D eigenvalue weighted by molar-refractivity contribution is 6.30. The van der Waals surface area contributed by atoms with Crippen molar-refractivity contribution in [1.82, 2.24) is 10.2 Å². The van der Waals surface area contributed by atoms with Crippen LogP contribution in [-0.4, -0.2) is 47.4 Å². The van der Waals surface area contributed by atoms with Crippen molar-refractivity contribution in [3.05, 3.63) is 34.9 Å². The average Bonchev–Trinajstić information content (AvgIpc) is 2.44. The van der Waals surface area contributed by atoms with Gasteiger partial charge in [0.05, 0.1) is 6.54 Å². The molecule has 1 aromatic carbocycles. The molecule has 0 saturated carbocycles. The Balaban J connectivity index is 2.55. The summed E-state index contributed by atoms with van der Waals surface area (Å²) >= 11 is 5.72. The molecule has 6 nitrogen and oxygen atoms in total. The van der Waals surface area contributed by atoms with Crippen molar-refractivity contribution in [2.45, 2.75) is 13.3 Å². The number of aliphatic carboxylic acids is 1. The van der Waals surface area contributed by atoms with Gasteiger partial charge in [0.2, 0.25) is 5.91 Å². The first-order valence-corrected chi connectivity index (χ1v) is 6.85. The van der Waals surface area contributed by atoms with Crippen LogP contribution in [-0.2, 0) is 9.59 Å². The monoisotopic (exact) mass is 312 g/mol. The lowest BCUT2D eigenvalue weighted by molar-refractivity contribution is -0.144. The molecule has 0 bridgehead atoms. The molecule has 1 rings (SSSR count). The summed E-state index contributed by atoms with van der Waals surface area (Å²) in [7, 11) is 0. The second-order valence-corrected chi connectivity index (χ2v) is 4.84. The highest BCUT2D eigenvalue weighted by atomic mass is 35.5. The smallest absolute Gasteiger partial charge is 0.323 e. The third kappa shape index (κ3) is 5.83. The van der Waals surface area contributed by atoms with Crippen LogP contribution in [0.1, 0.15) is 23.7 Å². The number of rotatable bonds is 7. The zero-order valence-electron chi connectivity index (χ0n) is 11.6. The summed E-state index contributed by atoms with van der Waals surface area (Å²) in [6.45, 7) is 1.56. The molecule has 0 radical (unpaired) electrons. The summed E-state index contributed by atoms with van der Waals surface area (Å²) in [4.78, 5) is 35.6. The van der Waals surface area contributed by atoms with Gasteiger partial charge in [0.1, 0.15) is 6.54 Å². The van der Waals surface area contributed by atoms with Gasteiger partial charge in [0.25, 0.3) is 5.91 Å². The lowest BCUT2D eigenvalue weighted by Gasteiger charge is -2.20. The molecule has 0 aliphatic carbocycles. The fourth-order valence-electron chi connectivity index (χ4n) is 1.70. The van der Waals surface area contributed by atoms with Crippen molar-refractivity contribution in [1.29, 1.82) is 0 Å². The van der Waals surface area contributed by atoms with E-state index in [0.717, 1.165) is 0 Å². The van der Waals surface area contributed by atoms with Gasteiger partial charge in [0.15, 0.2) is 0 Å². The minimum atomic E-state index is -1.08. The zero-order valence-corrected chi connectivity index (χ0v) is 12.4. The summed E-state index contributed by atoms with van der Waals surface area (Å²) in [6, 6.07) is 6.24. The van der Waals surface area contributed by atoms with Crippen molar-refractivity contribution in [3.63, 3.8) is 0 Å². The Kier molecular flexibility index (Phi) is 6.68. The maximum Gasteiger partial charge on any atom is 0.323 e. The molecule has 0 aromatic heterocycles. The summed E-state index contributed by atoms with van der Waals surface area (Å²) in [6.07, 6.45) is 0.643. The van der Waals surface area contributed by atoms with Crippen LogP contribution in [0.15, 0.2) is 24.3 Å². The maximum atomic E-state index is 11.9. The number of nitrogens with one attached hydrogen (secondary N) is 1. The van der Waals surface area contributed by atoms with Gasteiger partial charge in [-0.25, -0.2) is 0 Å². The molecule has 0 aliphatic rings. The molecule has 0 fully saturated rings. The minimum Gasteiger partial charge on any atom is -0.480 e. The summed E-state index contributed by atoms with van der Waals surface area (Å²) in [5.41, 5.74) is 0.382. The first-order chi connectivity index (χ1) is 9.93. The third-order valence-corrected chi connectivity index (χ3v) is 2.93. The summed E-state index contributed by atoms with van der Waals surface area (Å²) in [5, 5.41) is 11.7. The molecule has 7 heteroatoms. The molecular formula is C14H17ClN2O4. The van der Waals surface area contributed by atoms with Crippen molar-refractivity contribution < 1.29 is 19.5 Å². The number of amides is 2. The number of hydrogen-bond acceptors (Lipinski definition) is 3. The molecule has 0 atom stereocenters. The molecule has 1 aromatic rings. The van der Waals surface area contributed by atoms with Gasteiger partial charge >= 0.3 is 5.97 Å². The second kappa shape index (κ2) is 8.26. The molecule has 114 valence electrons. The van der Waals surface area contributed by atoms with Gasteiger partial charge in [0, 0.05) is 17.1 Å². The van der Waals surface area contributed by atoms with Gasteiger partial charge < -0.3 is 15.3 Å². The van der Waals surface area contributed by atoms with E-state index >= 15 is 0 Å². The quantitative estimate of drug-likeness (QED) is 0.796. The third-order valence-electron chi connectivity index (χ3n) is 2.68. The van der Waals surface area contributed by atoms with Gasteiger partial charge in [-0.05, 0) is 30.7 Å². The number of hydrogen-bond donors (Lipinski definition) is 2. The lowest BCUT2D eigenvalue weighted by atomic mass is 10.2. The Morgan fingerprint density at radius 3 is 2.38 bits per heavy atom. The van der Waals surface area contributed by atoms with Crippen LogP contribution in [0.5, 0.6) is 0 Å². The van der Waals surface area contributed by atoms with E-state index in [-0.39, 0.29) is 13.1 Å². The Labute approximate surface area is 127 Å². The van der Waals surface area contributed by atoms with E-state index < -0.39 is 17.8 Å². The highest BCUT2D eigenvalue weighted by Crippen LogP contribution is 2.09. The maximum absolute atomic E-state index is 11.9. The summed E-state index contributed by atoms with van der Waals surface area (Å²) in [5.74, 6) is -1.92. The number of carboxylic acid groups (broad SMARTS) is 1. The number of nitrogens with zero attached hydrogens (tertiary/aromatic N) is 1. The molecule has 0 spiro atoms. The SMILES string of the molecule is CCCN(CC(=O)O)C(=O)CNC(=O)c1ccc(Cl)cc1.